The normalized spacial score (nSPS) is 16.5. The Balaban J connectivity index is 1.48. The Kier molecular flexibility index (Phi) is 6.17. The minimum atomic E-state index is -0.320. The maximum absolute atomic E-state index is 13.0. The molecule has 1 aliphatic heterocycles. The molecule has 2 aromatic carbocycles. The molecule has 1 saturated heterocycles. The molecule has 0 unspecified atom stereocenters. The van der Waals surface area contributed by atoms with Gasteiger partial charge in [0.15, 0.2) is 0 Å². The smallest absolute Gasteiger partial charge is 0.241 e. The molecule has 6 heteroatoms. The topological polar surface area (TPSA) is 59.4 Å². The third-order valence-electron chi connectivity index (χ3n) is 4.94. The quantitative estimate of drug-likeness (QED) is 0.884. The molecule has 1 N–H and O–H groups in total. The van der Waals surface area contributed by atoms with Gasteiger partial charge in [0.1, 0.15) is 5.82 Å². The van der Waals surface area contributed by atoms with Gasteiger partial charge < -0.3 is 5.32 Å². The maximum Gasteiger partial charge on any atom is 0.241 e. The summed E-state index contributed by atoms with van der Waals surface area (Å²) in [7, 11) is 0. The zero-order valence-electron chi connectivity index (χ0n) is 15.4. The van der Waals surface area contributed by atoms with Crippen LogP contribution in [0.25, 0.3) is 0 Å². The number of benzene rings is 2. The SMILES string of the molecule is C[C@@H](C(=O)Nc1ccc(F)cc1)N1CCN(Cc2ccc(C#N)cc2)CC1. The predicted octanol–water partition coefficient (Wildman–Crippen LogP) is 2.84. The molecular weight excluding hydrogens is 343 g/mol. The van der Waals surface area contributed by atoms with Crippen LogP contribution in [0.1, 0.15) is 18.1 Å². The number of halogens is 1. The van der Waals surface area contributed by atoms with E-state index in [1.54, 1.807) is 12.1 Å². The van der Waals surface area contributed by atoms with Crippen LogP contribution >= 0.6 is 0 Å². The van der Waals surface area contributed by atoms with Crippen LogP contribution in [0.3, 0.4) is 0 Å². The van der Waals surface area contributed by atoms with E-state index in [1.807, 2.05) is 31.2 Å². The Labute approximate surface area is 159 Å². The molecule has 0 radical (unpaired) electrons. The molecule has 0 bridgehead atoms. The molecule has 140 valence electrons. The fourth-order valence-electron chi connectivity index (χ4n) is 3.20. The number of anilines is 1. The lowest BCUT2D eigenvalue weighted by atomic mass is 10.1. The third-order valence-corrected chi connectivity index (χ3v) is 4.94. The lowest BCUT2D eigenvalue weighted by molar-refractivity contribution is -0.121. The predicted molar refractivity (Wildman–Crippen MR) is 102 cm³/mol. The molecule has 2 aromatic rings. The molecule has 1 heterocycles. The van der Waals surface area contributed by atoms with E-state index < -0.39 is 0 Å². The second kappa shape index (κ2) is 8.76. The van der Waals surface area contributed by atoms with Crippen LogP contribution < -0.4 is 5.32 Å². The molecule has 0 spiro atoms. The van der Waals surface area contributed by atoms with Crippen LogP contribution in [-0.4, -0.2) is 47.9 Å². The van der Waals surface area contributed by atoms with Gasteiger partial charge in [0, 0.05) is 38.4 Å². The van der Waals surface area contributed by atoms with Gasteiger partial charge >= 0.3 is 0 Å². The number of rotatable bonds is 5. The summed E-state index contributed by atoms with van der Waals surface area (Å²) in [5.74, 6) is -0.401. The molecule has 0 aliphatic carbocycles. The van der Waals surface area contributed by atoms with Crippen LogP contribution in [0.15, 0.2) is 48.5 Å². The number of hydrogen-bond donors (Lipinski definition) is 1. The maximum atomic E-state index is 13.0. The van der Waals surface area contributed by atoms with Gasteiger partial charge in [-0.15, -0.1) is 0 Å². The molecule has 1 amide bonds. The minimum Gasteiger partial charge on any atom is -0.325 e. The molecule has 0 aromatic heterocycles. The highest BCUT2D eigenvalue weighted by Gasteiger charge is 2.25. The average Bonchev–Trinajstić information content (AvgIpc) is 2.70. The molecule has 3 rings (SSSR count). The summed E-state index contributed by atoms with van der Waals surface area (Å²) in [6.45, 7) is 6.13. The Morgan fingerprint density at radius 3 is 2.33 bits per heavy atom. The molecule has 1 aliphatic rings. The van der Waals surface area contributed by atoms with Crippen molar-refractivity contribution in [3.05, 3.63) is 65.5 Å². The number of hydrogen-bond acceptors (Lipinski definition) is 4. The lowest BCUT2D eigenvalue weighted by Gasteiger charge is -2.37. The van der Waals surface area contributed by atoms with Gasteiger partial charge in [-0.05, 0) is 48.9 Å². The summed E-state index contributed by atoms with van der Waals surface area (Å²) < 4.78 is 13.0. The van der Waals surface area contributed by atoms with E-state index >= 15 is 0 Å². The molecule has 1 atom stereocenters. The van der Waals surface area contributed by atoms with Gasteiger partial charge in [-0.1, -0.05) is 12.1 Å². The van der Waals surface area contributed by atoms with Crippen molar-refractivity contribution in [3.63, 3.8) is 0 Å². The van der Waals surface area contributed by atoms with Crippen molar-refractivity contribution in [2.24, 2.45) is 0 Å². The average molecular weight is 366 g/mol. The van der Waals surface area contributed by atoms with Crippen molar-refractivity contribution < 1.29 is 9.18 Å². The highest BCUT2D eigenvalue weighted by Crippen LogP contribution is 2.14. The van der Waals surface area contributed by atoms with E-state index in [9.17, 15) is 9.18 Å². The standard InChI is InChI=1S/C21H23FN4O/c1-16(21(27)24-20-8-6-19(22)7-9-20)26-12-10-25(11-13-26)15-18-4-2-17(14-23)3-5-18/h2-9,16H,10-13,15H2,1H3,(H,24,27)/t16-/m0/s1. The van der Waals surface area contributed by atoms with Crippen molar-refractivity contribution in [1.82, 2.24) is 9.80 Å². The second-order valence-corrected chi connectivity index (χ2v) is 6.79. The number of nitrogens with zero attached hydrogens (tertiary/aromatic N) is 3. The van der Waals surface area contributed by atoms with Crippen molar-refractivity contribution in [3.8, 4) is 6.07 Å². The Hall–Kier alpha value is -2.75. The Morgan fingerprint density at radius 2 is 1.74 bits per heavy atom. The summed E-state index contributed by atoms with van der Waals surface area (Å²) in [6, 6.07) is 15.3. The van der Waals surface area contributed by atoms with Crippen LogP contribution in [0.4, 0.5) is 10.1 Å². The van der Waals surface area contributed by atoms with Gasteiger partial charge in [-0.25, -0.2) is 4.39 Å². The van der Waals surface area contributed by atoms with Crippen LogP contribution in [0.2, 0.25) is 0 Å². The molecule has 27 heavy (non-hydrogen) atoms. The van der Waals surface area contributed by atoms with Gasteiger partial charge in [0.25, 0.3) is 0 Å². The van der Waals surface area contributed by atoms with Crippen LogP contribution in [0, 0.1) is 17.1 Å². The second-order valence-electron chi connectivity index (χ2n) is 6.79. The summed E-state index contributed by atoms with van der Waals surface area (Å²) in [6.07, 6.45) is 0. The Bertz CT molecular complexity index is 806. The first-order chi connectivity index (χ1) is 13.0. The molecule has 1 fully saturated rings. The summed E-state index contributed by atoms with van der Waals surface area (Å²) in [5.41, 5.74) is 2.46. The van der Waals surface area contributed by atoms with E-state index in [-0.39, 0.29) is 17.8 Å². The van der Waals surface area contributed by atoms with Crippen molar-refractivity contribution in [2.45, 2.75) is 19.5 Å². The summed E-state index contributed by atoms with van der Waals surface area (Å²) in [4.78, 5) is 17.0. The third kappa shape index (κ3) is 5.13. The molecule has 0 saturated carbocycles. The minimum absolute atomic E-state index is 0.0813. The number of amides is 1. The fourth-order valence-corrected chi connectivity index (χ4v) is 3.20. The summed E-state index contributed by atoms with van der Waals surface area (Å²) in [5, 5.41) is 11.7. The first-order valence-electron chi connectivity index (χ1n) is 9.07. The van der Waals surface area contributed by atoms with Crippen LogP contribution in [-0.2, 0) is 11.3 Å². The highest BCUT2D eigenvalue weighted by atomic mass is 19.1. The van der Waals surface area contributed by atoms with Crippen molar-refractivity contribution in [2.75, 3.05) is 31.5 Å². The fraction of sp³-hybridized carbons (Fsp3) is 0.333. The number of carbonyl (C=O) groups excluding carboxylic acids is 1. The monoisotopic (exact) mass is 366 g/mol. The zero-order valence-corrected chi connectivity index (χ0v) is 15.4. The van der Waals surface area contributed by atoms with E-state index in [4.69, 9.17) is 5.26 Å². The van der Waals surface area contributed by atoms with E-state index in [2.05, 4.69) is 21.2 Å². The number of carbonyl (C=O) groups is 1. The first-order valence-corrected chi connectivity index (χ1v) is 9.07. The van der Waals surface area contributed by atoms with Gasteiger partial charge in [-0.3, -0.25) is 14.6 Å². The van der Waals surface area contributed by atoms with Gasteiger partial charge in [0.2, 0.25) is 5.91 Å². The number of nitrogens with one attached hydrogen (secondary N) is 1. The van der Waals surface area contributed by atoms with Gasteiger partial charge in [-0.2, -0.15) is 5.26 Å². The molecular formula is C21H23FN4O. The largest absolute Gasteiger partial charge is 0.325 e. The van der Waals surface area contributed by atoms with Crippen LogP contribution in [0.5, 0.6) is 0 Å². The molecule has 5 nitrogen and oxygen atoms in total. The Morgan fingerprint density at radius 1 is 1.11 bits per heavy atom. The van der Waals surface area contributed by atoms with E-state index in [1.165, 1.54) is 17.7 Å². The van der Waals surface area contributed by atoms with E-state index in [0.717, 1.165) is 32.7 Å². The van der Waals surface area contributed by atoms with Crippen molar-refractivity contribution in [1.29, 1.82) is 5.26 Å². The zero-order chi connectivity index (χ0) is 19.2. The van der Waals surface area contributed by atoms with Crippen molar-refractivity contribution >= 4 is 11.6 Å². The lowest BCUT2D eigenvalue weighted by Crippen LogP contribution is -2.52. The number of piperazine rings is 1. The number of nitriles is 1. The highest BCUT2D eigenvalue weighted by molar-refractivity contribution is 5.94. The first kappa shape index (κ1) is 19.0. The van der Waals surface area contributed by atoms with Gasteiger partial charge in [0.05, 0.1) is 17.7 Å². The van der Waals surface area contributed by atoms with E-state index in [0.29, 0.717) is 11.3 Å². The summed E-state index contributed by atoms with van der Waals surface area (Å²) >= 11 is 0.